The number of hydrogen-bond acceptors (Lipinski definition) is 2. The van der Waals surface area contributed by atoms with Crippen molar-refractivity contribution in [2.75, 3.05) is 0 Å². The van der Waals surface area contributed by atoms with Crippen LogP contribution in [0, 0.1) is 18.5 Å². The van der Waals surface area contributed by atoms with Crippen LogP contribution < -0.4 is 9.30 Å². The SMILES string of the molecule is CC(C)(C)c1cc(Oc2[c-]c3c(cc2)c2ccccc2n3-c2cc(C(C)(C)C)ccn2)[c-]c(-n2[c-][n+](-c3ccccc3C(C)(C)C)cc2)c1.[Pt]. The van der Waals surface area contributed by atoms with Crippen molar-refractivity contribution in [3.8, 4) is 28.7 Å². The van der Waals surface area contributed by atoms with Gasteiger partial charge in [-0.1, -0.05) is 104 Å². The molecule has 0 atom stereocenters. The van der Waals surface area contributed by atoms with Crippen molar-refractivity contribution < 1.29 is 30.4 Å². The molecule has 0 amide bonds. The Balaban J connectivity index is 0.00000432. The average Bonchev–Trinajstić information content (AvgIpc) is 3.67. The number of nitrogens with zero attached hydrogens (tertiary/aromatic N) is 4. The second-order valence-corrected chi connectivity index (χ2v) is 16.0. The number of para-hydroxylation sites is 2. The fourth-order valence-corrected chi connectivity index (χ4v) is 6.35. The van der Waals surface area contributed by atoms with Crippen molar-refractivity contribution in [3.05, 3.63) is 139 Å². The molecular weight excluding hydrogens is 796 g/mol. The molecule has 0 bridgehead atoms. The van der Waals surface area contributed by atoms with Gasteiger partial charge in [0.05, 0.1) is 5.69 Å². The molecule has 258 valence electrons. The van der Waals surface area contributed by atoms with Crippen molar-refractivity contribution in [3.63, 3.8) is 0 Å². The fourth-order valence-electron chi connectivity index (χ4n) is 6.35. The quantitative estimate of drug-likeness (QED) is 0.128. The summed E-state index contributed by atoms with van der Waals surface area (Å²) >= 11 is 0. The standard InChI is InChI=1S/C44H44N4O.Pt/c1-42(2,3)30-20-21-45-41(26-30)48-38-16-12-10-14-35(38)36-19-18-33(28-40(36)48)49-34-25-31(43(4,5)6)24-32(27-34)46-22-23-47(29-46)39-17-13-11-15-37(39)44(7,8)9;/h10-26H,1-9H3;/q-2;. The monoisotopic (exact) mass is 839 g/mol. The third-order valence-corrected chi connectivity index (χ3v) is 9.12. The van der Waals surface area contributed by atoms with Gasteiger partial charge in [-0.05, 0) is 62.7 Å². The Hall–Kier alpha value is -4.47. The molecule has 0 unspecified atom stereocenters. The van der Waals surface area contributed by atoms with Crippen LogP contribution in [0.15, 0.2) is 104 Å². The molecule has 6 heteroatoms. The van der Waals surface area contributed by atoms with E-state index in [0.29, 0.717) is 11.5 Å². The van der Waals surface area contributed by atoms with Gasteiger partial charge in [0, 0.05) is 56.7 Å². The van der Waals surface area contributed by atoms with Crippen LogP contribution in [0.3, 0.4) is 0 Å². The molecule has 0 N–H and O–H groups in total. The molecule has 0 saturated heterocycles. The number of rotatable bonds is 5. The summed E-state index contributed by atoms with van der Waals surface area (Å²) in [5, 5.41) is 2.25. The Morgan fingerprint density at radius 2 is 1.40 bits per heavy atom. The number of ether oxygens (including phenoxy) is 1. The first kappa shape index (κ1) is 35.4. The number of fused-ring (bicyclic) bond motifs is 3. The minimum atomic E-state index is -0.117. The van der Waals surface area contributed by atoms with E-state index < -0.39 is 0 Å². The van der Waals surface area contributed by atoms with Crippen molar-refractivity contribution in [2.24, 2.45) is 0 Å². The molecule has 0 aliphatic heterocycles. The summed E-state index contributed by atoms with van der Waals surface area (Å²) in [5.41, 5.74) is 7.45. The van der Waals surface area contributed by atoms with Crippen LogP contribution >= 0.6 is 0 Å². The van der Waals surface area contributed by atoms with E-state index >= 15 is 0 Å². The summed E-state index contributed by atoms with van der Waals surface area (Å²) < 4.78 is 12.9. The van der Waals surface area contributed by atoms with Gasteiger partial charge in [0.2, 0.25) is 0 Å². The molecule has 5 nitrogen and oxygen atoms in total. The molecular formula is C44H44N4OPt-2. The molecule has 50 heavy (non-hydrogen) atoms. The third kappa shape index (κ3) is 6.81. The first-order valence-corrected chi connectivity index (χ1v) is 17.0. The average molecular weight is 840 g/mol. The van der Waals surface area contributed by atoms with Gasteiger partial charge < -0.3 is 13.9 Å². The van der Waals surface area contributed by atoms with Crippen LogP contribution in [0.1, 0.15) is 79.0 Å². The topological polar surface area (TPSA) is 35.9 Å². The van der Waals surface area contributed by atoms with Crippen LogP contribution in [0.5, 0.6) is 11.5 Å². The number of pyridine rings is 1. The Morgan fingerprint density at radius 1 is 0.680 bits per heavy atom. The summed E-state index contributed by atoms with van der Waals surface area (Å²) in [5.74, 6) is 2.10. The summed E-state index contributed by atoms with van der Waals surface area (Å²) in [4.78, 5) is 4.82. The molecule has 7 rings (SSSR count). The predicted molar refractivity (Wildman–Crippen MR) is 199 cm³/mol. The molecule has 0 aliphatic carbocycles. The zero-order chi connectivity index (χ0) is 34.7. The van der Waals surface area contributed by atoms with Crippen molar-refractivity contribution >= 4 is 21.8 Å². The maximum atomic E-state index is 6.63. The van der Waals surface area contributed by atoms with E-state index in [2.05, 4.69) is 169 Å². The molecule has 0 radical (unpaired) electrons. The van der Waals surface area contributed by atoms with Crippen molar-refractivity contribution in [1.82, 2.24) is 14.1 Å². The molecule has 0 aliphatic rings. The van der Waals surface area contributed by atoms with Gasteiger partial charge in [0.1, 0.15) is 5.82 Å². The Kier molecular flexibility index (Phi) is 9.20. The molecule has 0 spiro atoms. The van der Waals surface area contributed by atoms with Gasteiger partial charge in [-0.25, -0.2) is 4.98 Å². The Labute approximate surface area is 310 Å². The molecule has 3 aromatic heterocycles. The molecule has 4 aromatic carbocycles. The van der Waals surface area contributed by atoms with E-state index in [4.69, 9.17) is 9.72 Å². The van der Waals surface area contributed by atoms with Gasteiger partial charge >= 0.3 is 0 Å². The summed E-state index contributed by atoms with van der Waals surface area (Å²) in [6.07, 6.45) is 9.51. The minimum Gasteiger partial charge on any atom is -0.510 e. The molecule has 0 fully saturated rings. The van der Waals surface area contributed by atoms with E-state index in [9.17, 15) is 0 Å². The van der Waals surface area contributed by atoms with E-state index in [1.807, 2.05) is 29.2 Å². The number of hydrogen-bond donors (Lipinski definition) is 0. The van der Waals surface area contributed by atoms with Gasteiger partial charge in [0.15, 0.2) is 0 Å². The van der Waals surface area contributed by atoms with E-state index in [1.165, 1.54) is 11.1 Å². The van der Waals surface area contributed by atoms with Crippen molar-refractivity contribution in [2.45, 2.75) is 78.6 Å². The maximum Gasteiger partial charge on any atom is 0.267 e. The van der Waals surface area contributed by atoms with Gasteiger partial charge in [-0.15, -0.1) is 29.7 Å². The predicted octanol–water partition coefficient (Wildman–Crippen LogP) is 10.3. The van der Waals surface area contributed by atoms with E-state index in [1.54, 1.807) is 0 Å². The second kappa shape index (κ2) is 13.0. The zero-order valence-corrected chi connectivity index (χ0v) is 32.6. The number of benzene rings is 4. The zero-order valence-electron chi connectivity index (χ0n) is 30.3. The first-order chi connectivity index (χ1) is 23.2. The van der Waals surface area contributed by atoms with Crippen molar-refractivity contribution in [1.29, 1.82) is 0 Å². The summed E-state index contributed by atoms with van der Waals surface area (Å²) in [6, 6.07) is 36.7. The van der Waals surface area contributed by atoms with Gasteiger partial charge in [0.25, 0.3) is 6.33 Å². The van der Waals surface area contributed by atoms with Crippen LogP contribution in [-0.4, -0.2) is 14.1 Å². The molecule has 7 aromatic rings. The molecule has 3 heterocycles. The smallest absolute Gasteiger partial charge is 0.267 e. The van der Waals surface area contributed by atoms with E-state index in [0.717, 1.165) is 44.6 Å². The van der Waals surface area contributed by atoms with Crippen LogP contribution in [0.4, 0.5) is 0 Å². The van der Waals surface area contributed by atoms with Gasteiger partial charge in [-0.2, -0.15) is 17.7 Å². The fraction of sp³-hybridized carbons (Fsp3) is 0.273. The molecule has 0 saturated carbocycles. The third-order valence-electron chi connectivity index (χ3n) is 9.12. The summed E-state index contributed by atoms with van der Waals surface area (Å²) in [6.45, 7) is 20.0. The maximum absolute atomic E-state index is 6.63. The summed E-state index contributed by atoms with van der Waals surface area (Å²) in [7, 11) is 0. The minimum absolute atomic E-state index is 0. The number of imidazole rings is 1. The second-order valence-electron chi connectivity index (χ2n) is 16.0. The Bertz CT molecular complexity index is 2330. The Morgan fingerprint density at radius 3 is 2.14 bits per heavy atom. The van der Waals surface area contributed by atoms with E-state index in [-0.39, 0.29) is 37.3 Å². The number of aromatic nitrogens is 4. The van der Waals surface area contributed by atoms with Gasteiger partial charge in [-0.3, -0.25) is 4.57 Å². The van der Waals surface area contributed by atoms with Crippen LogP contribution in [0.2, 0.25) is 0 Å². The normalized spacial score (nSPS) is 12.3. The first-order valence-electron chi connectivity index (χ1n) is 17.0. The van der Waals surface area contributed by atoms with Crippen LogP contribution in [-0.2, 0) is 37.3 Å². The largest absolute Gasteiger partial charge is 0.510 e. The van der Waals surface area contributed by atoms with Crippen LogP contribution in [0.25, 0.3) is 39.0 Å².